The zero-order valence-corrected chi connectivity index (χ0v) is 17.3. The normalized spacial score (nSPS) is 10.8. The van der Waals surface area contributed by atoms with Crippen LogP contribution >= 0.6 is 22.9 Å². The molecule has 4 aromatic rings. The fourth-order valence-electron chi connectivity index (χ4n) is 2.88. The number of aromatic nitrogens is 2. The summed E-state index contributed by atoms with van der Waals surface area (Å²) in [5.41, 5.74) is 2.57. The molecule has 0 unspecified atom stereocenters. The average molecular weight is 424 g/mol. The van der Waals surface area contributed by atoms with Gasteiger partial charge in [0.05, 0.1) is 17.6 Å². The first kappa shape index (κ1) is 19.4. The summed E-state index contributed by atoms with van der Waals surface area (Å²) in [5, 5.41) is 3.26. The Morgan fingerprint density at radius 3 is 2.59 bits per heavy atom. The van der Waals surface area contributed by atoms with Crippen molar-refractivity contribution in [3.63, 3.8) is 0 Å². The van der Waals surface area contributed by atoms with Gasteiger partial charge in [-0.1, -0.05) is 29.8 Å². The zero-order chi connectivity index (χ0) is 20.2. The van der Waals surface area contributed by atoms with Gasteiger partial charge in [0, 0.05) is 28.8 Å². The highest BCUT2D eigenvalue weighted by atomic mass is 35.5. The topological polar surface area (TPSA) is 59.2 Å². The molecule has 0 aliphatic rings. The number of benzene rings is 2. The molecule has 0 bridgehead atoms. The Kier molecular flexibility index (Phi) is 5.74. The first-order valence-corrected chi connectivity index (χ1v) is 10.4. The predicted octanol–water partition coefficient (Wildman–Crippen LogP) is 6.06. The molecule has 0 N–H and O–H groups in total. The summed E-state index contributed by atoms with van der Waals surface area (Å²) < 4.78 is 5.82. The minimum Gasteiger partial charge on any atom is -0.441 e. The van der Waals surface area contributed by atoms with E-state index in [0.29, 0.717) is 28.2 Å². The minimum atomic E-state index is -0.0585. The van der Waals surface area contributed by atoms with Gasteiger partial charge in [-0.05, 0) is 43.3 Å². The molecule has 0 aliphatic heterocycles. The molecule has 146 valence electrons. The monoisotopic (exact) mass is 423 g/mol. The molecule has 0 fully saturated rings. The molecule has 0 atom stereocenters. The smallest absolute Gasteiger partial charge is 0.233 e. The molecule has 2 aromatic heterocycles. The maximum absolute atomic E-state index is 13.0. The summed E-state index contributed by atoms with van der Waals surface area (Å²) in [6.07, 6.45) is 2.33. The second-order valence-corrected chi connectivity index (χ2v) is 7.73. The van der Waals surface area contributed by atoms with Crippen LogP contribution < -0.4 is 4.90 Å². The Balaban J connectivity index is 1.49. The highest BCUT2D eigenvalue weighted by molar-refractivity contribution is 7.14. The number of anilines is 2. The number of aryl methyl sites for hydroxylation is 2. The standard InChI is InChI=1S/C22H18ClN3O2S/c1-15-14-29-22(25-15)26(18-5-3-2-4-6-18)21(27)12-11-20-24-13-19(28-20)16-7-9-17(23)10-8-16/h2-10,13-14H,11-12H2,1H3. The number of oxazole rings is 1. The van der Waals surface area contributed by atoms with Crippen LogP contribution in [0.25, 0.3) is 11.3 Å². The van der Waals surface area contributed by atoms with Gasteiger partial charge in [0.25, 0.3) is 0 Å². The maximum atomic E-state index is 13.0. The summed E-state index contributed by atoms with van der Waals surface area (Å²) in [5.74, 6) is 1.11. The summed E-state index contributed by atoms with van der Waals surface area (Å²) in [6.45, 7) is 1.92. The lowest BCUT2D eigenvalue weighted by atomic mass is 10.2. The number of carbonyl (C=O) groups excluding carboxylic acids is 1. The molecule has 0 aliphatic carbocycles. The lowest BCUT2D eigenvalue weighted by Gasteiger charge is -2.19. The Morgan fingerprint density at radius 1 is 1.14 bits per heavy atom. The predicted molar refractivity (Wildman–Crippen MR) is 116 cm³/mol. The van der Waals surface area contributed by atoms with Crippen LogP contribution in [0.2, 0.25) is 5.02 Å². The third kappa shape index (κ3) is 4.55. The highest BCUT2D eigenvalue weighted by Gasteiger charge is 2.21. The van der Waals surface area contributed by atoms with Crippen LogP contribution in [0, 0.1) is 6.92 Å². The highest BCUT2D eigenvalue weighted by Crippen LogP contribution is 2.29. The molecule has 0 saturated heterocycles. The molecule has 0 spiro atoms. The Morgan fingerprint density at radius 2 is 1.90 bits per heavy atom. The number of hydrogen-bond donors (Lipinski definition) is 0. The summed E-state index contributed by atoms with van der Waals surface area (Å²) in [4.78, 5) is 23.5. The Bertz CT molecular complexity index is 1110. The maximum Gasteiger partial charge on any atom is 0.233 e. The van der Waals surface area contributed by atoms with E-state index in [2.05, 4.69) is 9.97 Å². The zero-order valence-electron chi connectivity index (χ0n) is 15.7. The van der Waals surface area contributed by atoms with Crippen LogP contribution in [0.15, 0.2) is 70.6 Å². The number of hydrogen-bond acceptors (Lipinski definition) is 5. The van der Waals surface area contributed by atoms with E-state index >= 15 is 0 Å². The molecule has 1 amide bonds. The molecule has 2 aromatic carbocycles. The van der Waals surface area contributed by atoms with Gasteiger partial charge in [-0.3, -0.25) is 9.69 Å². The van der Waals surface area contributed by atoms with Crippen LogP contribution in [0.5, 0.6) is 0 Å². The van der Waals surface area contributed by atoms with E-state index in [0.717, 1.165) is 16.9 Å². The quantitative estimate of drug-likeness (QED) is 0.378. The number of thiazole rings is 1. The number of halogens is 1. The number of para-hydroxylation sites is 1. The molecule has 0 radical (unpaired) electrons. The first-order chi connectivity index (χ1) is 14.1. The SMILES string of the molecule is Cc1csc(N(C(=O)CCc2ncc(-c3ccc(Cl)cc3)o2)c2ccccc2)n1. The summed E-state index contributed by atoms with van der Waals surface area (Å²) in [6, 6.07) is 16.9. The van der Waals surface area contributed by atoms with Gasteiger partial charge in [0.15, 0.2) is 16.8 Å². The number of carbonyl (C=O) groups is 1. The third-order valence-corrected chi connectivity index (χ3v) is 5.49. The summed E-state index contributed by atoms with van der Waals surface area (Å²) in [7, 11) is 0. The van der Waals surface area contributed by atoms with Crippen LogP contribution in [0.4, 0.5) is 10.8 Å². The van der Waals surface area contributed by atoms with Crippen LogP contribution in [-0.4, -0.2) is 15.9 Å². The van der Waals surface area contributed by atoms with Gasteiger partial charge >= 0.3 is 0 Å². The molecule has 7 heteroatoms. The van der Waals surface area contributed by atoms with Crippen LogP contribution in [-0.2, 0) is 11.2 Å². The first-order valence-electron chi connectivity index (χ1n) is 9.11. The van der Waals surface area contributed by atoms with E-state index in [-0.39, 0.29) is 12.3 Å². The van der Waals surface area contributed by atoms with Crippen LogP contribution in [0.1, 0.15) is 18.0 Å². The van der Waals surface area contributed by atoms with Crippen molar-refractivity contribution in [3.8, 4) is 11.3 Å². The second-order valence-electron chi connectivity index (χ2n) is 6.46. The number of nitrogens with zero attached hydrogens (tertiary/aromatic N) is 3. The third-order valence-electron chi connectivity index (χ3n) is 4.30. The van der Waals surface area contributed by atoms with Crippen molar-refractivity contribution in [3.05, 3.63) is 82.8 Å². The molecule has 0 saturated carbocycles. The van der Waals surface area contributed by atoms with Crippen molar-refractivity contribution in [1.82, 2.24) is 9.97 Å². The average Bonchev–Trinajstić information content (AvgIpc) is 3.37. The van der Waals surface area contributed by atoms with Crippen LogP contribution in [0.3, 0.4) is 0 Å². The number of amides is 1. The van der Waals surface area contributed by atoms with Crippen molar-refractivity contribution in [2.45, 2.75) is 19.8 Å². The van der Waals surface area contributed by atoms with Gasteiger partial charge in [-0.15, -0.1) is 11.3 Å². The molecular formula is C22H18ClN3O2S. The van der Waals surface area contributed by atoms with Crippen molar-refractivity contribution < 1.29 is 9.21 Å². The van der Waals surface area contributed by atoms with Crippen molar-refractivity contribution in [1.29, 1.82) is 0 Å². The minimum absolute atomic E-state index is 0.0585. The second kappa shape index (κ2) is 8.59. The molecule has 4 rings (SSSR count). The molecule has 2 heterocycles. The molecular weight excluding hydrogens is 406 g/mol. The van der Waals surface area contributed by atoms with E-state index < -0.39 is 0 Å². The molecule has 5 nitrogen and oxygen atoms in total. The lowest BCUT2D eigenvalue weighted by Crippen LogP contribution is -2.26. The van der Waals surface area contributed by atoms with E-state index in [9.17, 15) is 4.79 Å². The van der Waals surface area contributed by atoms with E-state index in [1.54, 1.807) is 23.2 Å². The summed E-state index contributed by atoms with van der Waals surface area (Å²) >= 11 is 7.38. The Hall–Kier alpha value is -2.96. The van der Waals surface area contributed by atoms with Crippen molar-refractivity contribution in [2.75, 3.05) is 4.90 Å². The fraction of sp³-hybridized carbons (Fsp3) is 0.136. The van der Waals surface area contributed by atoms with E-state index in [1.165, 1.54) is 11.3 Å². The van der Waals surface area contributed by atoms with Gasteiger partial charge in [0.2, 0.25) is 5.91 Å². The number of rotatable bonds is 6. The lowest BCUT2D eigenvalue weighted by molar-refractivity contribution is -0.117. The Labute approximate surface area is 177 Å². The fourth-order valence-corrected chi connectivity index (χ4v) is 3.85. The van der Waals surface area contributed by atoms with Crippen molar-refractivity contribution >= 4 is 39.7 Å². The van der Waals surface area contributed by atoms with Gasteiger partial charge in [-0.25, -0.2) is 9.97 Å². The van der Waals surface area contributed by atoms with E-state index in [4.69, 9.17) is 16.0 Å². The largest absolute Gasteiger partial charge is 0.441 e. The van der Waals surface area contributed by atoms with Crippen molar-refractivity contribution in [2.24, 2.45) is 0 Å². The van der Waals surface area contributed by atoms with Gasteiger partial charge in [0.1, 0.15) is 0 Å². The van der Waals surface area contributed by atoms with Gasteiger partial charge in [-0.2, -0.15) is 0 Å². The molecule has 29 heavy (non-hydrogen) atoms. The van der Waals surface area contributed by atoms with Gasteiger partial charge < -0.3 is 4.42 Å². The van der Waals surface area contributed by atoms with E-state index in [1.807, 2.05) is 54.8 Å².